The van der Waals surface area contributed by atoms with Crippen LogP contribution in [0, 0.1) is 24.0 Å². The van der Waals surface area contributed by atoms with E-state index in [0.717, 1.165) is 11.1 Å². The third-order valence-corrected chi connectivity index (χ3v) is 5.52. The molecule has 0 radical (unpaired) electrons. The summed E-state index contributed by atoms with van der Waals surface area (Å²) in [5.74, 6) is 1.23. The summed E-state index contributed by atoms with van der Waals surface area (Å²) in [5.41, 5.74) is 3.31. The van der Waals surface area contributed by atoms with Crippen molar-refractivity contribution in [3.8, 4) is 11.5 Å². The summed E-state index contributed by atoms with van der Waals surface area (Å²) in [6.07, 6.45) is -0.0425. The van der Waals surface area contributed by atoms with Crippen LogP contribution < -0.4 is 9.47 Å². The Labute approximate surface area is 192 Å². The molecular weight excluding hydrogens is 426 g/mol. The van der Waals surface area contributed by atoms with Crippen LogP contribution in [-0.2, 0) is 11.2 Å². The largest absolute Gasteiger partial charge is 0.454 e. The molecule has 2 heterocycles. The van der Waals surface area contributed by atoms with Crippen molar-refractivity contribution in [3.05, 3.63) is 62.2 Å². The Balaban J connectivity index is 1.91. The van der Waals surface area contributed by atoms with E-state index in [-0.39, 0.29) is 23.4 Å². The van der Waals surface area contributed by atoms with Gasteiger partial charge in [0.05, 0.1) is 16.7 Å². The van der Waals surface area contributed by atoms with Crippen LogP contribution in [0.3, 0.4) is 0 Å². The van der Waals surface area contributed by atoms with Gasteiger partial charge in [-0.1, -0.05) is 0 Å². The van der Waals surface area contributed by atoms with Gasteiger partial charge in [0.2, 0.25) is 6.79 Å². The first kappa shape index (κ1) is 22.6. The first-order valence-corrected chi connectivity index (χ1v) is 10.7. The van der Waals surface area contributed by atoms with Crippen LogP contribution in [0.1, 0.15) is 55.5 Å². The molecule has 1 atom stereocenters. The molecule has 0 N–H and O–H groups in total. The van der Waals surface area contributed by atoms with Gasteiger partial charge in [-0.3, -0.25) is 10.1 Å². The van der Waals surface area contributed by atoms with Crippen molar-refractivity contribution in [1.29, 1.82) is 0 Å². The molecule has 9 heteroatoms. The molecule has 0 saturated carbocycles. The van der Waals surface area contributed by atoms with E-state index in [1.165, 1.54) is 5.01 Å². The maximum Gasteiger partial charge on any atom is 0.431 e. The van der Waals surface area contributed by atoms with Crippen molar-refractivity contribution in [3.63, 3.8) is 0 Å². The quantitative estimate of drug-likeness (QED) is 0.474. The highest BCUT2D eigenvalue weighted by atomic mass is 16.7. The molecule has 2 aliphatic rings. The average Bonchev–Trinajstić information content (AvgIpc) is 3.07. The molecule has 2 aliphatic heterocycles. The Kier molecular flexibility index (Phi) is 5.51. The average molecular weight is 453 g/mol. The number of nitro benzene ring substituents is 1. The fourth-order valence-corrected chi connectivity index (χ4v) is 4.16. The first-order chi connectivity index (χ1) is 15.4. The Morgan fingerprint density at radius 3 is 2.33 bits per heavy atom. The second-order valence-electron chi connectivity index (χ2n) is 9.41. The van der Waals surface area contributed by atoms with Gasteiger partial charge in [-0.2, -0.15) is 10.1 Å². The number of benzene rings is 2. The highest BCUT2D eigenvalue weighted by molar-refractivity contribution is 6.15. The van der Waals surface area contributed by atoms with Crippen LogP contribution in [0.4, 0.5) is 10.5 Å². The predicted octanol–water partition coefficient (Wildman–Crippen LogP) is 4.87. The Morgan fingerprint density at radius 1 is 1.15 bits per heavy atom. The lowest BCUT2D eigenvalue weighted by atomic mass is 9.92. The maximum atomic E-state index is 13.0. The number of nitro groups is 1. The summed E-state index contributed by atoms with van der Waals surface area (Å²) in [6.45, 7) is 10.8. The fraction of sp³-hybridized carbons (Fsp3) is 0.417. The highest BCUT2D eigenvalue weighted by Gasteiger charge is 2.32. The number of fused-ring (bicyclic) bond motifs is 2. The molecule has 1 unspecified atom stereocenters. The number of hydrazone groups is 1. The number of aryl methyl sites for hydroxylation is 2. The molecule has 9 nitrogen and oxygen atoms in total. The molecule has 1 amide bonds. The monoisotopic (exact) mass is 453 g/mol. The van der Waals surface area contributed by atoms with Crippen molar-refractivity contribution in [2.24, 2.45) is 5.10 Å². The van der Waals surface area contributed by atoms with Crippen molar-refractivity contribution in [2.45, 2.75) is 59.6 Å². The summed E-state index contributed by atoms with van der Waals surface area (Å²) < 4.78 is 16.7. The molecule has 0 aromatic heterocycles. The van der Waals surface area contributed by atoms with Gasteiger partial charge in [0, 0.05) is 22.3 Å². The summed E-state index contributed by atoms with van der Waals surface area (Å²) in [6, 6.07) is 6.92. The molecule has 0 fully saturated rings. The van der Waals surface area contributed by atoms with Crippen LogP contribution in [0.15, 0.2) is 29.4 Å². The first-order valence-electron chi connectivity index (χ1n) is 10.7. The molecule has 0 spiro atoms. The van der Waals surface area contributed by atoms with Crippen LogP contribution >= 0.6 is 0 Å². The number of nitrogens with zero attached hydrogens (tertiary/aromatic N) is 3. The molecule has 4 rings (SSSR count). The standard InChI is InChI=1S/C24H27N3O6/c1-13-7-17(8-14(2)22(13)27(29)30)21-18-11-20-19(31-12-32-20)10-16(18)9-15(3)26(25-21)23(28)33-24(4,5)6/h7-8,10-11,15H,9,12H2,1-6H3. The predicted molar refractivity (Wildman–Crippen MR) is 122 cm³/mol. The number of carbonyl (C=O) groups excluding carboxylic acids is 1. The number of carbonyl (C=O) groups is 1. The van der Waals surface area contributed by atoms with Crippen molar-refractivity contribution >= 4 is 17.5 Å². The molecule has 0 aliphatic carbocycles. The Bertz CT molecular complexity index is 1160. The van der Waals surface area contributed by atoms with Crippen LogP contribution in [-0.4, -0.2) is 40.2 Å². The number of hydrogen-bond acceptors (Lipinski definition) is 7. The summed E-state index contributed by atoms with van der Waals surface area (Å²) in [4.78, 5) is 24.2. The van der Waals surface area contributed by atoms with Gasteiger partial charge in [-0.05, 0) is 77.8 Å². The van der Waals surface area contributed by atoms with Gasteiger partial charge in [0.25, 0.3) is 5.69 Å². The van der Waals surface area contributed by atoms with E-state index in [1.54, 1.807) is 46.8 Å². The topological polar surface area (TPSA) is 104 Å². The Morgan fingerprint density at radius 2 is 1.76 bits per heavy atom. The molecule has 2 aromatic carbocycles. The molecule has 0 saturated heterocycles. The smallest absolute Gasteiger partial charge is 0.431 e. The lowest BCUT2D eigenvalue weighted by molar-refractivity contribution is -0.386. The molecule has 0 bridgehead atoms. The van der Waals surface area contributed by atoms with E-state index in [2.05, 4.69) is 0 Å². The second kappa shape index (κ2) is 8.06. The normalized spacial score (nSPS) is 17.2. The lowest BCUT2D eigenvalue weighted by Crippen LogP contribution is -2.39. The third-order valence-electron chi connectivity index (χ3n) is 5.52. The van der Waals surface area contributed by atoms with Crippen LogP contribution in [0.5, 0.6) is 11.5 Å². The van der Waals surface area contributed by atoms with Gasteiger partial charge in [-0.15, -0.1) is 0 Å². The van der Waals surface area contributed by atoms with E-state index in [9.17, 15) is 14.9 Å². The minimum absolute atomic E-state index is 0.0660. The number of amides is 1. The molecular formula is C24H27N3O6. The van der Waals surface area contributed by atoms with Crippen LogP contribution in [0.2, 0.25) is 0 Å². The molecule has 33 heavy (non-hydrogen) atoms. The maximum absolute atomic E-state index is 13.0. The van der Waals surface area contributed by atoms with Gasteiger partial charge >= 0.3 is 6.09 Å². The van der Waals surface area contributed by atoms with Crippen molar-refractivity contribution in [1.82, 2.24) is 5.01 Å². The van der Waals surface area contributed by atoms with E-state index in [4.69, 9.17) is 19.3 Å². The molecule has 2 aromatic rings. The van der Waals surface area contributed by atoms with Crippen molar-refractivity contribution in [2.75, 3.05) is 6.79 Å². The number of ether oxygens (including phenoxy) is 3. The summed E-state index contributed by atoms with van der Waals surface area (Å²) >= 11 is 0. The van der Waals surface area contributed by atoms with Gasteiger partial charge in [0.1, 0.15) is 5.60 Å². The molecule has 174 valence electrons. The van der Waals surface area contributed by atoms with E-state index in [1.807, 2.05) is 19.1 Å². The fourth-order valence-electron chi connectivity index (χ4n) is 4.16. The second-order valence-corrected chi connectivity index (χ2v) is 9.41. The minimum atomic E-state index is -0.685. The zero-order valence-electron chi connectivity index (χ0n) is 19.6. The minimum Gasteiger partial charge on any atom is -0.454 e. The number of rotatable bonds is 2. The van der Waals surface area contributed by atoms with Gasteiger partial charge in [0.15, 0.2) is 11.5 Å². The lowest BCUT2D eigenvalue weighted by Gasteiger charge is -2.27. The van der Waals surface area contributed by atoms with E-state index >= 15 is 0 Å². The highest BCUT2D eigenvalue weighted by Crippen LogP contribution is 2.38. The van der Waals surface area contributed by atoms with Crippen LogP contribution in [0.25, 0.3) is 0 Å². The summed E-state index contributed by atoms with van der Waals surface area (Å²) in [5, 5.41) is 17.6. The van der Waals surface area contributed by atoms with E-state index < -0.39 is 11.7 Å². The summed E-state index contributed by atoms with van der Waals surface area (Å²) in [7, 11) is 0. The third kappa shape index (κ3) is 4.35. The zero-order valence-corrected chi connectivity index (χ0v) is 19.6. The van der Waals surface area contributed by atoms with Crippen molar-refractivity contribution < 1.29 is 23.9 Å². The SMILES string of the molecule is Cc1cc(C2=NN(C(=O)OC(C)(C)C)C(C)Cc3cc4c(cc32)OCO4)cc(C)c1[N+](=O)[O-]. The van der Waals surface area contributed by atoms with Gasteiger partial charge in [-0.25, -0.2) is 4.79 Å². The zero-order chi connectivity index (χ0) is 24.1. The Hall–Kier alpha value is -3.62. The van der Waals surface area contributed by atoms with Gasteiger partial charge < -0.3 is 14.2 Å². The number of hydrogen-bond donors (Lipinski definition) is 0. The van der Waals surface area contributed by atoms with E-state index in [0.29, 0.717) is 40.3 Å².